The largest absolute Gasteiger partial charge is 0.338 e. The van der Waals surface area contributed by atoms with E-state index < -0.39 is 0 Å². The number of piperidine rings is 1. The van der Waals surface area contributed by atoms with Crippen molar-refractivity contribution >= 4 is 5.91 Å². The quantitative estimate of drug-likeness (QED) is 0.580. The first kappa shape index (κ1) is 15.0. The van der Waals surface area contributed by atoms with Crippen molar-refractivity contribution in [3.05, 3.63) is 0 Å². The molecule has 1 amide bonds. The van der Waals surface area contributed by atoms with Gasteiger partial charge in [0.1, 0.15) is 0 Å². The van der Waals surface area contributed by atoms with Crippen LogP contribution in [0, 0.1) is 18.3 Å². The molecular formula is C15H26N2O. The highest BCUT2D eigenvalue weighted by atomic mass is 16.2. The highest BCUT2D eigenvalue weighted by Crippen LogP contribution is 2.25. The molecule has 2 N–H and O–H groups in total. The minimum atomic E-state index is 0.254. The average Bonchev–Trinajstić information content (AvgIpc) is 2.42. The third kappa shape index (κ3) is 4.34. The Morgan fingerprint density at radius 1 is 1.50 bits per heavy atom. The van der Waals surface area contributed by atoms with Crippen molar-refractivity contribution in [3.63, 3.8) is 0 Å². The minimum Gasteiger partial charge on any atom is -0.338 e. The summed E-state index contributed by atoms with van der Waals surface area (Å²) in [4.78, 5) is 14.1. The van der Waals surface area contributed by atoms with Crippen LogP contribution in [-0.4, -0.2) is 29.9 Å². The predicted molar refractivity (Wildman–Crippen MR) is 74.9 cm³/mol. The maximum Gasteiger partial charge on any atom is 0.222 e. The molecule has 3 heteroatoms. The molecule has 0 radical (unpaired) electrons. The molecule has 0 spiro atoms. The summed E-state index contributed by atoms with van der Waals surface area (Å²) in [5, 5.41) is 0. The van der Waals surface area contributed by atoms with Crippen LogP contribution in [0.1, 0.15) is 51.9 Å². The summed E-state index contributed by atoms with van der Waals surface area (Å²) in [5.41, 5.74) is 5.80. The molecule has 1 aliphatic heterocycles. The summed E-state index contributed by atoms with van der Waals surface area (Å²) in [6.45, 7) is 3.69. The zero-order valence-corrected chi connectivity index (χ0v) is 11.5. The number of hydrogen-bond acceptors (Lipinski definition) is 2. The molecule has 0 aromatic heterocycles. The van der Waals surface area contributed by atoms with Gasteiger partial charge in [-0.05, 0) is 31.6 Å². The molecule has 2 atom stereocenters. The third-order valence-corrected chi connectivity index (χ3v) is 3.96. The molecule has 1 saturated heterocycles. The highest BCUT2D eigenvalue weighted by molar-refractivity contribution is 5.76. The molecule has 1 fully saturated rings. The number of unbranched alkanes of at least 4 members (excludes halogenated alkanes) is 2. The Morgan fingerprint density at radius 3 is 2.89 bits per heavy atom. The summed E-state index contributed by atoms with van der Waals surface area (Å²) < 4.78 is 0. The highest BCUT2D eigenvalue weighted by Gasteiger charge is 2.29. The van der Waals surface area contributed by atoms with Gasteiger partial charge in [0, 0.05) is 32.0 Å². The zero-order chi connectivity index (χ0) is 13.4. The van der Waals surface area contributed by atoms with Crippen LogP contribution >= 0.6 is 0 Å². The van der Waals surface area contributed by atoms with E-state index in [9.17, 15) is 4.79 Å². The van der Waals surface area contributed by atoms with Gasteiger partial charge in [-0.3, -0.25) is 4.79 Å². The lowest BCUT2D eigenvalue weighted by atomic mass is 9.88. The summed E-state index contributed by atoms with van der Waals surface area (Å²) in [7, 11) is 0. The number of nitrogens with two attached hydrogens (primary N) is 1. The maximum atomic E-state index is 12.1. The van der Waals surface area contributed by atoms with Crippen molar-refractivity contribution in [1.82, 2.24) is 4.90 Å². The first-order chi connectivity index (χ1) is 8.72. The Morgan fingerprint density at radius 2 is 2.28 bits per heavy atom. The van der Waals surface area contributed by atoms with E-state index in [1.54, 1.807) is 0 Å². The van der Waals surface area contributed by atoms with E-state index in [0.29, 0.717) is 13.0 Å². The fraction of sp³-hybridized carbons (Fsp3) is 0.800. The summed E-state index contributed by atoms with van der Waals surface area (Å²) >= 11 is 0. The number of nitrogens with zero attached hydrogens (tertiary/aromatic N) is 1. The molecule has 0 saturated carbocycles. The monoisotopic (exact) mass is 250 g/mol. The van der Waals surface area contributed by atoms with Gasteiger partial charge >= 0.3 is 0 Å². The molecule has 2 unspecified atom stereocenters. The average molecular weight is 250 g/mol. The molecule has 0 aliphatic carbocycles. The van der Waals surface area contributed by atoms with Crippen LogP contribution in [0.5, 0.6) is 0 Å². The van der Waals surface area contributed by atoms with Crippen LogP contribution in [0.2, 0.25) is 0 Å². The molecule has 1 aliphatic rings. The Bertz CT molecular complexity index is 295. The van der Waals surface area contributed by atoms with E-state index >= 15 is 0 Å². The van der Waals surface area contributed by atoms with Crippen molar-refractivity contribution in [3.8, 4) is 12.3 Å². The van der Waals surface area contributed by atoms with Crippen LogP contribution in [-0.2, 0) is 4.79 Å². The van der Waals surface area contributed by atoms with Crippen LogP contribution in [0.15, 0.2) is 0 Å². The van der Waals surface area contributed by atoms with Gasteiger partial charge in [0.15, 0.2) is 0 Å². The molecule has 0 aromatic carbocycles. The number of terminal acetylenes is 1. The first-order valence-electron chi connectivity index (χ1n) is 7.15. The Labute approximate surface area is 111 Å². The minimum absolute atomic E-state index is 0.254. The lowest BCUT2D eigenvalue weighted by Gasteiger charge is -2.39. The van der Waals surface area contributed by atoms with Crippen molar-refractivity contribution in [2.45, 2.75) is 57.9 Å². The van der Waals surface area contributed by atoms with E-state index in [2.05, 4.69) is 12.8 Å². The summed E-state index contributed by atoms with van der Waals surface area (Å²) in [6, 6.07) is 0.254. The Kier molecular flexibility index (Phi) is 6.82. The molecule has 0 aromatic rings. The fourth-order valence-electron chi connectivity index (χ4n) is 2.70. The molecule has 3 nitrogen and oxygen atoms in total. The molecule has 0 bridgehead atoms. The number of likely N-dealkylation sites (tertiary alicyclic amines) is 1. The summed E-state index contributed by atoms with van der Waals surface area (Å²) in [6.07, 6.45) is 11.8. The molecule has 1 heterocycles. The predicted octanol–water partition coefficient (Wildman–Crippen LogP) is 2.16. The second kappa shape index (κ2) is 8.16. The number of amides is 1. The van der Waals surface area contributed by atoms with E-state index in [1.807, 2.05) is 4.90 Å². The Balaban J connectivity index is 2.39. The lowest BCUT2D eigenvalue weighted by molar-refractivity contribution is -0.135. The van der Waals surface area contributed by atoms with Gasteiger partial charge in [-0.2, -0.15) is 0 Å². The maximum absolute atomic E-state index is 12.1. The SMILES string of the molecule is C#CCCCCC(=O)N1CCC(CC)CC1CN. The fourth-order valence-corrected chi connectivity index (χ4v) is 2.70. The number of hydrogen-bond donors (Lipinski definition) is 1. The van der Waals surface area contributed by atoms with Crippen molar-refractivity contribution in [1.29, 1.82) is 0 Å². The standard InChI is InChI=1S/C15H26N2O/c1-3-5-6-7-8-15(18)17-10-9-13(4-2)11-14(17)12-16/h1,13-14H,4-12,16H2,2H3. The summed E-state index contributed by atoms with van der Waals surface area (Å²) in [5.74, 6) is 3.61. The van der Waals surface area contributed by atoms with Gasteiger partial charge in [-0.25, -0.2) is 0 Å². The van der Waals surface area contributed by atoms with Crippen molar-refractivity contribution in [2.24, 2.45) is 11.7 Å². The van der Waals surface area contributed by atoms with Gasteiger partial charge < -0.3 is 10.6 Å². The molecule has 1 rings (SSSR count). The first-order valence-corrected chi connectivity index (χ1v) is 7.15. The smallest absolute Gasteiger partial charge is 0.222 e. The second-order valence-corrected chi connectivity index (χ2v) is 5.19. The van der Waals surface area contributed by atoms with Crippen LogP contribution in [0.25, 0.3) is 0 Å². The molecule has 18 heavy (non-hydrogen) atoms. The lowest BCUT2D eigenvalue weighted by Crippen LogP contribution is -2.49. The third-order valence-electron chi connectivity index (χ3n) is 3.96. The van der Waals surface area contributed by atoms with Crippen LogP contribution < -0.4 is 5.73 Å². The molecular weight excluding hydrogens is 224 g/mol. The second-order valence-electron chi connectivity index (χ2n) is 5.19. The van der Waals surface area contributed by atoms with E-state index in [-0.39, 0.29) is 11.9 Å². The van der Waals surface area contributed by atoms with Gasteiger partial charge in [0.2, 0.25) is 5.91 Å². The van der Waals surface area contributed by atoms with Gasteiger partial charge in [0.25, 0.3) is 0 Å². The zero-order valence-electron chi connectivity index (χ0n) is 11.5. The van der Waals surface area contributed by atoms with Crippen LogP contribution in [0.4, 0.5) is 0 Å². The van der Waals surface area contributed by atoms with E-state index in [0.717, 1.165) is 44.6 Å². The van der Waals surface area contributed by atoms with Crippen molar-refractivity contribution in [2.75, 3.05) is 13.1 Å². The number of carbonyl (C=O) groups excluding carboxylic acids is 1. The van der Waals surface area contributed by atoms with E-state index in [4.69, 9.17) is 12.2 Å². The molecule has 102 valence electrons. The number of carbonyl (C=O) groups is 1. The van der Waals surface area contributed by atoms with E-state index in [1.165, 1.54) is 6.42 Å². The number of rotatable bonds is 6. The topological polar surface area (TPSA) is 46.3 Å². The van der Waals surface area contributed by atoms with Gasteiger partial charge in [-0.1, -0.05) is 13.3 Å². The van der Waals surface area contributed by atoms with Gasteiger partial charge in [-0.15, -0.1) is 12.3 Å². The normalized spacial score (nSPS) is 23.7. The van der Waals surface area contributed by atoms with Crippen molar-refractivity contribution < 1.29 is 4.79 Å². The Hall–Kier alpha value is -1.01. The van der Waals surface area contributed by atoms with Crippen LogP contribution in [0.3, 0.4) is 0 Å². The van der Waals surface area contributed by atoms with Gasteiger partial charge in [0.05, 0.1) is 0 Å².